The van der Waals surface area contributed by atoms with E-state index in [4.69, 9.17) is 0 Å². The van der Waals surface area contributed by atoms with E-state index < -0.39 is 11.5 Å². The molecule has 0 amide bonds. The molecule has 4 nitrogen and oxygen atoms in total. The Labute approximate surface area is 107 Å². The number of aliphatic carboxylic acids is 1. The number of carboxylic acid groups (broad SMARTS) is 1. The lowest BCUT2D eigenvalue weighted by atomic mass is 9.75. The molecule has 0 saturated heterocycles. The minimum Gasteiger partial charge on any atom is -0.480 e. The molecule has 1 heterocycles. The van der Waals surface area contributed by atoms with Crippen molar-refractivity contribution >= 4 is 11.7 Å². The van der Waals surface area contributed by atoms with Crippen LogP contribution in [0.3, 0.4) is 0 Å². The average molecular weight is 248 g/mol. The van der Waals surface area contributed by atoms with Crippen LogP contribution < -0.4 is 5.32 Å². The number of pyridine rings is 1. The smallest absolute Gasteiger partial charge is 0.329 e. The Balaban J connectivity index is 2.12. The van der Waals surface area contributed by atoms with Crippen LogP contribution in [0.1, 0.15) is 39.0 Å². The quantitative estimate of drug-likeness (QED) is 0.860. The number of carbonyl (C=O) groups is 1. The summed E-state index contributed by atoms with van der Waals surface area (Å²) in [5, 5.41) is 12.7. The fourth-order valence-corrected chi connectivity index (χ4v) is 2.68. The molecule has 1 aliphatic carbocycles. The topological polar surface area (TPSA) is 62.2 Å². The van der Waals surface area contributed by atoms with Crippen LogP contribution in [0, 0.1) is 5.92 Å². The monoisotopic (exact) mass is 248 g/mol. The highest BCUT2D eigenvalue weighted by molar-refractivity contribution is 5.82. The summed E-state index contributed by atoms with van der Waals surface area (Å²) in [5.74, 6) is -0.0643. The second-order valence-corrected chi connectivity index (χ2v) is 5.10. The zero-order valence-electron chi connectivity index (χ0n) is 10.7. The third kappa shape index (κ3) is 2.63. The van der Waals surface area contributed by atoms with Gasteiger partial charge < -0.3 is 10.4 Å². The molecule has 2 rings (SSSR count). The van der Waals surface area contributed by atoms with E-state index in [9.17, 15) is 9.90 Å². The highest BCUT2D eigenvalue weighted by Gasteiger charge is 2.41. The number of hydrogen-bond acceptors (Lipinski definition) is 3. The Hall–Kier alpha value is -1.58. The number of carboxylic acids is 1. The Morgan fingerprint density at radius 1 is 1.44 bits per heavy atom. The fourth-order valence-electron chi connectivity index (χ4n) is 2.68. The predicted octanol–water partition coefficient (Wildman–Crippen LogP) is 2.92. The summed E-state index contributed by atoms with van der Waals surface area (Å²) < 4.78 is 0. The van der Waals surface area contributed by atoms with Crippen molar-refractivity contribution in [2.45, 2.75) is 44.6 Å². The first-order chi connectivity index (χ1) is 8.66. The molecule has 2 N–H and O–H groups in total. The Kier molecular flexibility index (Phi) is 3.84. The van der Waals surface area contributed by atoms with Crippen molar-refractivity contribution in [1.29, 1.82) is 0 Å². The highest BCUT2D eigenvalue weighted by Crippen LogP contribution is 2.36. The summed E-state index contributed by atoms with van der Waals surface area (Å²) in [4.78, 5) is 15.5. The lowest BCUT2D eigenvalue weighted by Gasteiger charge is -2.38. The molecule has 98 valence electrons. The zero-order valence-corrected chi connectivity index (χ0v) is 10.7. The van der Waals surface area contributed by atoms with Crippen molar-refractivity contribution in [2.24, 2.45) is 5.92 Å². The molecule has 0 bridgehead atoms. The summed E-state index contributed by atoms with van der Waals surface area (Å²) in [7, 11) is 0. The van der Waals surface area contributed by atoms with Crippen molar-refractivity contribution in [3.63, 3.8) is 0 Å². The van der Waals surface area contributed by atoms with Crippen LogP contribution in [0.4, 0.5) is 5.69 Å². The standard InChI is InChI=1S/C14H20N2O2/c1-2-11-3-7-14(8-4-11,13(17)18)16-12-5-9-15-10-6-12/h5-6,9-11H,2-4,7-8H2,1H3,(H,15,16)(H,17,18). The molecule has 1 aromatic rings. The SMILES string of the molecule is CCC1CCC(Nc2ccncc2)(C(=O)O)CC1. The molecule has 1 fully saturated rings. The molecule has 0 atom stereocenters. The number of anilines is 1. The molecule has 1 saturated carbocycles. The summed E-state index contributed by atoms with van der Waals surface area (Å²) in [6.07, 6.45) is 7.87. The van der Waals surface area contributed by atoms with Crippen molar-refractivity contribution in [3.8, 4) is 0 Å². The lowest BCUT2D eigenvalue weighted by Crippen LogP contribution is -2.49. The first-order valence-corrected chi connectivity index (χ1v) is 6.58. The molecule has 0 spiro atoms. The third-order valence-electron chi connectivity index (χ3n) is 4.01. The fraction of sp³-hybridized carbons (Fsp3) is 0.571. The van der Waals surface area contributed by atoms with Gasteiger partial charge in [-0.25, -0.2) is 4.79 Å². The van der Waals surface area contributed by atoms with Gasteiger partial charge in [-0.15, -0.1) is 0 Å². The van der Waals surface area contributed by atoms with Crippen molar-refractivity contribution in [1.82, 2.24) is 4.98 Å². The van der Waals surface area contributed by atoms with Crippen LogP contribution in [0.25, 0.3) is 0 Å². The largest absolute Gasteiger partial charge is 0.480 e. The maximum absolute atomic E-state index is 11.6. The van der Waals surface area contributed by atoms with Gasteiger partial charge in [0.05, 0.1) is 0 Å². The van der Waals surface area contributed by atoms with E-state index in [0.29, 0.717) is 18.8 Å². The molecular formula is C14H20N2O2. The summed E-state index contributed by atoms with van der Waals surface area (Å²) in [6, 6.07) is 3.63. The number of rotatable bonds is 4. The molecule has 0 radical (unpaired) electrons. The van der Waals surface area contributed by atoms with E-state index in [0.717, 1.165) is 24.9 Å². The molecular weight excluding hydrogens is 228 g/mol. The van der Waals surface area contributed by atoms with Crippen molar-refractivity contribution in [3.05, 3.63) is 24.5 Å². The molecule has 0 aromatic carbocycles. The number of nitrogens with zero attached hydrogens (tertiary/aromatic N) is 1. The van der Waals surface area contributed by atoms with E-state index in [1.54, 1.807) is 12.4 Å². The Bertz CT molecular complexity index is 398. The Morgan fingerprint density at radius 2 is 2.06 bits per heavy atom. The predicted molar refractivity (Wildman–Crippen MR) is 70.5 cm³/mol. The van der Waals surface area contributed by atoms with E-state index in [1.165, 1.54) is 0 Å². The number of aromatic nitrogens is 1. The minimum atomic E-state index is -0.799. The zero-order chi connectivity index (χ0) is 13.0. The van der Waals surface area contributed by atoms with Gasteiger partial charge >= 0.3 is 5.97 Å². The molecule has 4 heteroatoms. The van der Waals surface area contributed by atoms with Crippen LogP contribution in [-0.2, 0) is 4.79 Å². The highest BCUT2D eigenvalue weighted by atomic mass is 16.4. The van der Waals surface area contributed by atoms with Crippen molar-refractivity contribution < 1.29 is 9.90 Å². The molecule has 0 aliphatic heterocycles. The van der Waals surface area contributed by atoms with E-state index in [1.807, 2.05) is 12.1 Å². The third-order valence-corrected chi connectivity index (χ3v) is 4.01. The lowest BCUT2D eigenvalue weighted by molar-refractivity contribution is -0.143. The van der Waals surface area contributed by atoms with Crippen LogP contribution >= 0.6 is 0 Å². The molecule has 1 aliphatic rings. The first-order valence-electron chi connectivity index (χ1n) is 6.58. The van der Waals surface area contributed by atoms with Gasteiger partial charge in [0.15, 0.2) is 0 Å². The van der Waals surface area contributed by atoms with Crippen molar-refractivity contribution in [2.75, 3.05) is 5.32 Å². The molecule has 18 heavy (non-hydrogen) atoms. The van der Waals surface area contributed by atoms with Crippen LogP contribution in [0.15, 0.2) is 24.5 Å². The number of hydrogen-bond donors (Lipinski definition) is 2. The minimum absolute atomic E-state index is 0.678. The van der Waals surface area contributed by atoms with Crippen LogP contribution in [-0.4, -0.2) is 21.6 Å². The van der Waals surface area contributed by atoms with Gasteiger partial charge in [0.25, 0.3) is 0 Å². The second kappa shape index (κ2) is 5.38. The normalized spacial score (nSPS) is 27.7. The van der Waals surface area contributed by atoms with Gasteiger partial charge in [0, 0.05) is 18.1 Å². The van der Waals surface area contributed by atoms with Gasteiger partial charge in [-0.2, -0.15) is 0 Å². The Morgan fingerprint density at radius 3 is 2.56 bits per heavy atom. The maximum atomic E-state index is 11.6. The second-order valence-electron chi connectivity index (χ2n) is 5.10. The van der Waals surface area contributed by atoms with Crippen LogP contribution in [0.5, 0.6) is 0 Å². The van der Waals surface area contributed by atoms with Gasteiger partial charge in [0.2, 0.25) is 0 Å². The summed E-state index contributed by atoms with van der Waals surface area (Å²) in [5.41, 5.74) is 0.0369. The van der Waals surface area contributed by atoms with Gasteiger partial charge in [-0.1, -0.05) is 13.3 Å². The first kappa shape index (κ1) is 12.9. The average Bonchev–Trinajstić information content (AvgIpc) is 2.40. The molecule has 1 aromatic heterocycles. The molecule has 0 unspecified atom stereocenters. The van der Waals surface area contributed by atoms with Gasteiger partial charge in [-0.05, 0) is 43.7 Å². The van der Waals surface area contributed by atoms with Gasteiger partial charge in [-0.3, -0.25) is 4.98 Å². The van der Waals surface area contributed by atoms with E-state index in [2.05, 4.69) is 17.2 Å². The van der Waals surface area contributed by atoms with Gasteiger partial charge in [0.1, 0.15) is 5.54 Å². The summed E-state index contributed by atoms with van der Waals surface area (Å²) >= 11 is 0. The number of nitrogens with one attached hydrogen (secondary N) is 1. The van der Waals surface area contributed by atoms with E-state index in [-0.39, 0.29) is 0 Å². The maximum Gasteiger partial charge on any atom is 0.329 e. The van der Waals surface area contributed by atoms with E-state index >= 15 is 0 Å². The summed E-state index contributed by atoms with van der Waals surface area (Å²) in [6.45, 7) is 2.18. The van der Waals surface area contributed by atoms with Crippen LogP contribution in [0.2, 0.25) is 0 Å².